The van der Waals surface area contributed by atoms with Gasteiger partial charge in [0.2, 0.25) is 10.0 Å². The molecule has 0 saturated carbocycles. The summed E-state index contributed by atoms with van der Waals surface area (Å²) in [7, 11) is -1.94. The Bertz CT molecular complexity index is 703. The molecule has 7 heteroatoms. The predicted octanol–water partition coefficient (Wildman–Crippen LogP) is 1.56. The molecular weight excluding hydrogens is 290 g/mol. The van der Waals surface area contributed by atoms with Crippen LogP contribution in [0.2, 0.25) is 0 Å². The first-order valence-corrected chi connectivity index (χ1v) is 8.06. The largest absolute Gasteiger partial charge is 0.497 e. The highest BCUT2D eigenvalue weighted by atomic mass is 32.2. The Morgan fingerprint density at radius 1 is 1.33 bits per heavy atom. The number of hydrogen-bond acceptors (Lipinski definition) is 4. The molecule has 0 aliphatic heterocycles. The first-order chi connectivity index (χ1) is 9.94. The van der Waals surface area contributed by atoms with Gasteiger partial charge in [-0.05, 0) is 38.0 Å². The molecule has 0 spiro atoms. The van der Waals surface area contributed by atoms with Gasteiger partial charge in [-0.3, -0.25) is 5.10 Å². The van der Waals surface area contributed by atoms with Crippen LogP contribution in [0, 0.1) is 13.8 Å². The van der Waals surface area contributed by atoms with Crippen LogP contribution in [0.3, 0.4) is 0 Å². The van der Waals surface area contributed by atoms with Gasteiger partial charge >= 0.3 is 0 Å². The van der Waals surface area contributed by atoms with Crippen molar-refractivity contribution in [1.29, 1.82) is 0 Å². The van der Waals surface area contributed by atoms with Gasteiger partial charge in [0, 0.05) is 6.54 Å². The number of benzene rings is 1. The van der Waals surface area contributed by atoms with E-state index >= 15 is 0 Å². The summed E-state index contributed by atoms with van der Waals surface area (Å²) in [4.78, 5) is 0.230. The number of sulfonamides is 1. The molecule has 1 aromatic carbocycles. The second-order valence-electron chi connectivity index (χ2n) is 4.76. The standard InChI is InChI=1S/C14H19N3O3S/c1-10-14(11(2)17-16-10)21(18,19)15-8-7-12-5-4-6-13(9-12)20-3/h4-6,9,15H,7-8H2,1-3H3,(H,16,17). The van der Waals surface area contributed by atoms with Crippen LogP contribution >= 0.6 is 0 Å². The SMILES string of the molecule is COc1cccc(CCNS(=O)(=O)c2c(C)n[nH]c2C)c1. The van der Waals surface area contributed by atoms with E-state index < -0.39 is 10.0 Å². The fourth-order valence-electron chi connectivity index (χ4n) is 2.17. The molecule has 0 aliphatic rings. The van der Waals surface area contributed by atoms with E-state index in [0.29, 0.717) is 24.4 Å². The van der Waals surface area contributed by atoms with Gasteiger partial charge in [-0.2, -0.15) is 5.10 Å². The Balaban J connectivity index is 2.02. The molecule has 2 aromatic rings. The van der Waals surface area contributed by atoms with Gasteiger partial charge in [-0.1, -0.05) is 12.1 Å². The highest BCUT2D eigenvalue weighted by molar-refractivity contribution is 7.89. The molecule has 1 aromatic heterocycles. The number of aryl methyl sites for hydroxylation is 2. The minimum atomic E-state index is -3.54. The van der Waals surface area contributed by atoms with Crippen molar-refractivity contribution in [2.45, 2.75) is 25.2 Å². The number of aromatic nitrogens is 2. The number of methoxy groups -OCH3 is 1. The normalized spacial score (nSPS) is 11.6. The number of ether oxygens (including phenoxy) is 1. The summed E-state index contributed by atoms with van der Waals surface area (Å²) in [6, 6.07) is 7.56. The highest BCUT2D eigenvalue weighted by Gasteiger charge is 2.21. The van der Waals surface area contributed by atoms with E-state index in [9.17, 15) is 8.42 Å². The molecule has 21 heavy (non-hydrogen) atoms. The van der Waals surface area contributed by atoms with Crippen LogP contribution < -0.4 is 9.46 Å². The number of nitrogens with zero attached hydrogens (tertiary/aromatic N) is 1. The van der Waals surface area contributed by atoms with Crippen molar-refractivity contribution in [3.05, 3.63) is 41.2 Å². The smallest absolute Gasteiger partial charge is 0.244 e. The lowest BCUT2D eigenvalue weighted by Gasteiger charge is -2.08. The first-order valence-electron chi connectivity index (χ1n) is 6.58. The minimum Gasteiger partial charge on any atom is -0.497 e. The van der Waals surface area contributed by atoms with Gasteiger partial charge in [0.1, 0.15) is 10.6 Å². The number of nitrogens with one attached hydrogen (secondary N) is 2. The number of aromatic amines is 1. The fraction of sp³-hybridized carbons (Fsp3) is 0.357. The van der Waals surface area contributed by atoms with Crippen molar-refractivity contribution >= 4 is 10.0 Å². The number of H-pyrrole nitrogens is 1. The first kappa shape index (κ1) is 15.5. The molecule has 6 nitrogen and oxygen atoms in total. The summed E-state index contributed by atoms with van der Waals surface area (Å²) in [5, 5.41) is 6.59. The van der Waals surface area contributed by atoms with Crippen LogP contribution in [0.5, 0.6) is 5.75 Å². The van der Waals surface area contributed by atoms with Gasteiger partial charge in [-0.15, -0.1) is 0 Å². The third-order valence-electron chi connectivity index (χ3n) is 3.17. The topological polar surface area (TPSA) is 84.1 Å². The summed E-state index contributed by atoms with van der Waals surface area (Å²) >= 11 is 0. The Kier molecular flexibility index (Phi) is 4.64. The second-order valence-corrected chi connectivity index (χ2v) is 6.47. The fourth-order valence-corrected chi connectivity index (χ4v) is 3.56. The quantitative estimate of drug-likeness (QED) is 0.848. The van der Waals surface area contributed by atoms with E-state index in [4.69, 9.17) is 4.74 Å². The zero-order valence-electron chi connectivity index (χ0n) is 12.3. The maximum Gasteiger partial charge on any atom is 0.244 e. The molecule has 0 fully saturated rings. The van der Waals surface area contributed by atoms with Crippen LogP contribution in [-0.2, 0) is 16.4 Å². The van der Waals surface area contributed by atoms with E-state index in [-0.39, 0.29) is 4.90 Å². The Morgan fingerprint density at radius 3 is 2.71 bits per heavy atom. The van der Waals surface area contributed by atoms with Crippen molar-refractivity contribution in [3.8, 4) is 5.75 Å². The van der Waals surface area contributed by atoms with Crippen molar-refractivity contribution < 1.29 is 13.2 Å². The average Bonchev–Trinajstić information content (AvgIpc) is 2.79. The predicted molar refractivity (Wildman–Crippen MR) is 79.9 cm³/mol. The maximum atomic E-state index is 12.3. The van der Waals surface area contributed by atoms with Gasteiger partial charge < -0.3 is 4.74 Å². The molecule has 0 unspecified atom stereocenters. The lowest BCUT2D eigenvalue weighted by Crippen LogP contribution is -2.26. The number of rotatable bonds is 6. The minimum absolute atomic E-state index is 0.230. The van der Waals surface area contributed by atoms with E-state index in [1.165, 1.54) is 0 Å². The molecule has 0 amide bonds. The molecule has 1 heterocycles. The van der Waals surface area contributed by atoms with E-state index in [1.54, 1.807) is 21.0 Å². The Labute approximate surface area is 124 Å². The molecule has 0 bridgehead atoms. The van der Waals surface area contributed by atoms with E-state index in [2.05, 4.69) is 14.9 Å². The molecular formula is C14H19N3O3S. The van der Waals surface area contributed by atoms with Crippen LogP contribution in [0.15, 0.2) is 29.2 Å². The van der Waals surface area contributed by atoms with Crippen LogP contribution in [0.4, 0.5) is 0 Å². The van der Waals surface area contributed by atoms with E-state index in [1.807, 2.05) is 24.3 Å². The van der Waals surface area contributed by atoms with Crippen molar-refractivity contribution in [2.24, 2.45) is 0 Å². The van der Waals surface area contributed by atoms with Crippen LogP contribution in [0.25, 0.3) is 0 Å². The molecule has 114 valence electrons. The van der Waals surface area contributed by atoms with Gasteiger partial charge in [0.25, 0.3) is 0 Å². The molecule has 0 atom stereocenters. The van der Waals surface area contributed by atoms with E-state index in [0.717, 1.165) is 11.3 Å². The average molecular weight is 309 g/mol. The van der Waals surface area contributed by atoms with Gasteiger partial charge in [-0.25, -0.2) is 13.1 Å². The van der Waals surface area contributed by atoms with Crippen molar-refractivity contribution in [3.63, 3.8) is 0 Å². The molecule has 2 N–H and O–H groups in total. The monoisotopic (exact) mass is 309 g/mol. The molecule has 0 radical (unpaired) electrons. The lowest BCUT2D eigenvalue weighted by molar-refractivity contribution is 0.414. The molecule has 0 aliphatic carbocycles. The third-order valence-corrected chi connectivity index (χ3v) is 4.89. The van der Waals surface area contributed by atoms with Crippen LogP contribution in [-0.4, -0.2) is 32.3 Å². The summed E-state index contributed by atoms with van der Waals surface area (Å²) in [6.45, 7) is 3.68. The lowest BCUT2D eigenvalue weighted by atomic mass is 10.1. The highest BCUT2D eigenvalue weighted by Crippen LogP contribution is 2.16. The molecule has 2 rings (SSSR count). The molecule has 0 saturated heterocycles. The summed E-state index contributed by atoms with van der Waals surface area (Å²) < 4.78 is 32.2. The van der Waals surface area contributed by atoms with Crippen molar-refractivity contribution in [2.75, 3.05) is 13.7 Å². The Morgan fingerprint density at radius 2 is 2.10 bits per heavy atom. The summed E-state index contributed by atoms with van der Waals surface area (Å²) in [5.74, 6) is 0.761. The Hall–Kier alpha value is -1.86. The number of hydrogen-bond donors (Lipinski definition) is 2. The van der Waals surface area contributed by atoms with Gasteiger partial charge in [0.15, 0.2) is 0 Å². The van der Waals surface area contributed by atoms with Gasteiger partial charge in [0.05, 0.1) is 18.5 Å². The van der Waals surface area contributed by atoms with Crippen LogP contribution in [0.1, 0.15) is 17.0 Å². The second kappa shape index (κ2) is 6.28. The maximum absolute atomic E-state index is 12.3. The zero-order valence-corrected chi connectivity index (χ0v) is 13.1. The third kappa shape index (κ3) is 3.62. The zero-order chi connectivity index (χ0) is 15.5. The summed E-state index contributed by atoms with van der Waals surface area (Å²) in [5.41, 5.74) is 2.03. The summed E-state index contributed by atoms with van der Waals surface area (Å²) in [6.07, 6.45) is 0.590. The van der Waals surface area contributed by atoms with Crippen molar-refractivity contribution in [1.82, 2.24) is 14.9 Å².